The van der Waals surface area contributed by atoms with Crippen molar-refractivity contribution in [2.75, 3.05) is 18.0 Å². The fraction of sp³-hybridized carbons (Fsp3) is 0.500. The molecule has 0 amide bonds. The van der Waals surface area contributed by atoms with Crippen molar-refractivity contribution in [3.63, 3.8) is 0 Å². The molecule has 1 aromatic rings. The maximum absolute atomic E-state index is 11.5. The minimum absolute atomic E-state index is 0.141. The van der Waals surface area contributed by atoms with Crippen LogP contribution in [0.4, 0.5) is 5.69 Å². The Hall–Kier alpha value is -1.07. The molecule has 0 bridgehead atoms. The average Bonchev–Trinajstić information content (AvgIpc) is 2.27. The van der Waals surface area contributed by atoms with Gasteiger partial charge in [0.25, 0.3) is 0 Å². The number of rotatable bonds is 6. The zero-order valence-electron chi connectivity index (χ0n) is 10.3. The summed E-state index contributed by atoms with van der Waals surface area (Å²) >= 11 is 0. The quantitative estimate of drug-likeness (QED) is 0.761. The normalized spacial score (nSPS) is 13.5. The van der Waals surface area contributed by atoms with Gasteiger partial charge in [-0.2, -0.15) is 0 Å². The zero-order chi connectivity index (χ0) is 12.9. The van der Waals surface area contributed by atoms with Crippen molar-refractivity contribution in [3.8, 4) is 0 Å². The van der Waals surface area contributed by atoms with Crippen molar-refractivity contribution in [3.05, 3.63) is 29.8 Å². The highest BCUT2D eigenvalue weighted by Gasteiger charge is 2.11. The lowest BCUT2D eigenvalue weighted by atomic mass is 10.0. The molecule has 4 nitrogen and oxygen atoms in total. The Balaban J connectivity index is 2.55. The van der Waals surface area contributed by atoms with E-state index in [9.17, 15) is 8.42 Å². The number of hydrogen-bond acceptors (Lipinski definition) is 3. The van der Waals surface area contributed by atoms with E-state index >= 15 is 0 Å². The maximum atomic E-state index is 11.5. The summed E-state index contributed by atoms with van der Waals surface area (Å²) in [5, 5.41) is 0. The average molecular weight is 256 g/mol. The molecule has 0 aliphatic heterocycles. The van der Waals surface area contributed by atoms with Gasteiger partial charge in [-0.05, 0) is 30.0 Å². The summed E-state index contributed by atoms with van der Waals surface area (Å²) in [6.45, 7) is 4.26. The second kappa shape index (κ2) is 6.02. The van der Waals surface area contributed by atoms with Crippen molar-refractivity contribution in [2.24, 2.45) is 0 Å². The van der Waals surface area contributed by atoms with Crippen LogP contribution in [0.15, 0.2) is 24.3 Å². The molecule has 0 fully saturated rings. The van der Waals surface area contributed by atoms with Crippen LogP contribution in [0.2, 0.25) is 0 Å². The van der Waals surface area contributed by atoms with Crippen LogP contribution in [0, 0.1) is 0 Å². The van der Waals surface area contributed by atoms with Crippen molar-refractivity contribution in [2.45, 2.75) is 26.2 Å². The molecular formula is C12H20N2O2S. The Morgan fingerprint density at radius 2 is 1.88 bits per heavy atom. The number of hydrogen-bond donors (Lipinski definition) is 2. The van der Waals surface area contributed by atoms with Crippen LogP contribution in [-0.4, -0.2) is 20.7 Å². The SMILES string of the molecule is CCCS(=O)(=O)NCC(C)c1ccc(N)cc1. The molecule has 1 aromatic carbocycles. The summed E-state index contributed by atoms with van der Waals surface area (Å²) in [5.74, 6) is 0.323. The molecule has 0 aromatic heterocycles. The Morgan fingerprint density at radius 1 is 1.29 bits per heavy atom. The van der Waals surface area contributed by atoms with E-state index in [1.165, 1.54) is 0 Å². The monoisotopic (exact) mass is 256 g/mol. The molecule has 0 aliphatic rings. The Kier molecular flexibility index (Phi) is 4.96. The zero-order valence-corrected chi connectivity index (χ0v) is 11.1. The summed E-state index contributed by atoms with van der Waals surface area (Å²) in [4.78, 5) is 0. The highest BCUT2D eigenvalue weighted by atomic mass is 32.2. The third kappa shape index (κ3) is 4.75. The van der Waals surface area contributed by atoms with Crippen molar-refractivity contribution in [1.29, 1.82) is 0 Å². The lowest BCUT2D eigenvalue weighted by Gasteiger charge is -2.13. The lowest BCUT2D eigenvalue weighted by molar-refractivity contribution is 0.573. The van der Waals surface area contributed by atoms with E-state index < -0.39 is 10.0 Å². The Labute approximate surface area is 103 Å². The number of sulfonamides is 1. The molecule has 0 radical (unpaired) electrons. The van der Waals surface area contributed by atoms with Crippen LogP contribution in [0.3, 0.4) is 0 Å². The molecule has 5 heteroatoms. The number of benzene rings is 1. The van der Waals surface area contributed by atoms with Crippen LogP contribution >= 0.6 is 0 Å². The molecule has 17 heavy (non-hydrogen) atoms. The van der Waals surface area contributed by atoms with Crippen LogP contribution in [-0.2, 0) is 10.0 Å². The predicted octanol–water partition coefficient (Wildman–Crippen LogP) is 1.70. The van der Waals surface area contributed by atoms with Crippen LogP contribution in [0.1, 0.15) is 31.7 Å². The Morgan fingerprint density at radius 3 is 2.41 bits per heavy atom. The van der Waals surface area contributed by atoms with Gasteiger partial charge in [0.15, 0.2) is 0 Å². The summed E-state index contributed by atoms with van der Waals surface area (Å²) in [6, 6.07) is 7.50. The van der Waals surface area contributed by atoms with Gasteiger partial charge in [0.1, 0.15) is 0 Å². The van der Waals surface area contributed by atoms with Gasteiger partial charge in [-0.1, -0.05) is 26.0 Å². The molecular weight excluding hydrogens is 236 g/mol. The van der Waals surface area contributed by atoms with Crippen LogP contribution in [0.5, 0.6) is 0 Å². The van der Waals surface area contributed by atoms with E-state index in [4.69, 9.17) is 5.73 Å². The highest BCUT2D eigenvalue weighted by Crippen LogP contribution is 2.16. The van der Waals surface area contributed by atoms with E-state index in [1.54, 1.807) is 0 Å². The summed E-state index contributed by atoms with van der Waals surface area (Å²) < 4.78 is 25.6. The molecule has 1 rings (SSSR count). The predicted molar refractivity (Wildman–Crippen MR) is 71.3 cm³/mol. The van der Waals surface area contributed by atoms with Crippen molar-refractivity contribution < 1.29 is 8.42 Å². The topological polar surface area (TPSA) is 72.2 Å². The summed E-state index contributed by atoms with van der Waals surface area (Å²) in [7, 11) is -3.12. The molecule has 1 atom stereocenters. The van der Waals surface area contributed by atoms with Gasteiger partial charge in [-0.25, -0.2) is 13.1 Å². The second-order valence-electron chi connectivity index (χ2n) is 4.24. The fourth-order valence-corrected chi connectivity index (χ4v) is 2.72. The summed E-state index contributed by atoms with van der Waals surface area (Å²) in [5.41, 5.74) is 7.40. The second-order valence-corrected chi connectivity index (χ2v) is 6.16. The minimum atomic E-state index is -3.12. The lowest BCUT2D eigenvalue weighted by Crippen LogP contribution is -2.29. The number of nitrogen functional groups attached to an aromatic ring is 1. The summed E-state index contributed by atoms with van der Waals surface area (Å²) in [6.07, 6.45) is 0.631. The molecule has 3 N–H and O–H groups in total. The number of nitrogens with one attached hydrogen (secondary N) is 1. The third-order valence-electron chi connectivity index (χ3n) is 2.59. The standard InChI is InChI=1S/C12H20N2O2S/c1-3-8-17(15,16)14-9-10(2)11-4-6-12(13)7-5-11/h4-7,10,14H,3,8-9,13H2,1-2H3. The van der Waals surface area contributed by atoms with Crippen molar-refractivity contribution >= 4 is 15.7 Å². The van der Waals surface area contributed by atoms with Gasteiger partial charge in [-0.15, -0.1) is 0 Å². The number of anilines is 1. The van der Waals surface area contributed by atoms with E-state index in [0.29, 0.717) is 18.7 Å². The molecule has 0 spiro atoms. The third-order valence-corrected chi connectivity index (χ3v) is 4.14. The first kappa shape index (κ1) is 14.0. The maximum Gasteiger partial charge on any atom is 0.211 e. The first-order chi connectivity index (χ1) is 7.94. The Bertz CT molecular complexity index is 440. The van der Waals surface area contributed by atoms with E-state index in [-0.39, 0.29) is 11.7 Å². The minimum Gasteiger partial charge on any atom is -0.399 e. The first-order valence-corrected chi connectivity index (χ1v) is 7.42. The van der Waals surface area contributed by atoms with Gasteiger partial charge in [-0.3, -0.25) is 0 Å². The van der Waals surface area contributed by atoms with Crippen LogP contribution < -0.4 is 10.5 Å². The van der Waals surface area contributed by atoms with Gasteiger partial charge >= 0.3 is 0 Å². The molecule has 96 valence electrons. The largest absolute Gasteiger partial charge is 0.399 e. The van der Waals surface area contributed by atoms with E-state index in [2.05, 4.69) is 4.72 Å². The van der Waals surface area contributed by atoms with Gasteiger partial charge in [0.2, 0.25) is 10.0 Å². The molecule has 0 aliphatic carbocycles. The van der Waals surface area contributed by atoms with E-state index in [0.717, 1.165) is 5.56 Å². The van der Waals surface area contributed by atoms with E-state index in [1.807, 2.05) is 38.1 Å². The highest BCUT2D eigenvalue weighted by molar-refractivity contribution is 7.89. The molecule has 0 saturated carbocycles. The van der Waals surface area contributed by atoms with Crippen LogP contribution in [0.25, 0.3) is 0 Å². The molecule has 1 unspecified atom stereocenters. The first-order valence-electron chi connectivity index (χ1n) is 5.77. The van der Waals surface area contributed by atoms with Gasteiger partial charge in [0.05, 0.1) is 5.75 Å². The molecule has 0 saturated heterocycles. The van der Waals surface area contributed by atoms with Gasteiger partial charge < -0.3 is 5.73 Å². The smallest absolute Gasteiger partial charge is 0.211 e. The van der Waals surface area contributed by atoms with Gasteiger partial charge in [0, 0.05) is 12.2 Å². The number of nitrogens with two attached hydrogens (primary N) is 1. The molecule has 0 heterocycles. The van der Waals surface area contributed by atoms with Crippen molar-refractivity contribution in [1.82, 2.24) is 4.72 Å². The fourth-order valence-electron chi connectivity index (χ4n) is 1.54.